The highest BCUT2D eigenvalue weighted by Gasteiger charge is 2.60. The summed E-state index contributed by atoms with van der Waals surface area (Å²) in [5.74, 6) is 0. The lowest BCUT2D eigenvalue weighted by atomic mass is 9.96. The number of hydrogen-bond donors (Lipinski definition) is 2. The van der Waals surface area contributed by atoms with Crippen molar-refractivity contribution in [1.29, 1.82) is 0 Å². The highest BCUT2D eigenvalue weighted by Crippen LogP contribution is 2.34. The van der Waals surface area contributed by atoms with Gasteiger partial charge in [-0.05, 0) is 32.9 Å². The summed E-state index contributed by atoms with van der Waals surface area (Å²) < 4.78 is 0.874. The maximum atomic E-state index is 12.7. The van der Waals surface area contributed by atoms with Crippen LogP contribution in [-0.4, -0.2) is 37.6 Å². The van der Waals surface area contributed by atoms with Crippen LogP contribution in [0.5, 0.6) is 0 Å². The summed E-state index contributed by atoms with van der Waals surface area (Å²) in [6, 6.07) is 9.48. The minimum atomic E-state index is -1.23. The van der Waals surface area contributed by atoms with Crippen molar-refractivity contribution < 1.29 is 9.95 Å². The average Bonchev–Trinajstić information content (AvgIpc) is 2.64. The van der Waals surface area contributed by atoms with Crippen LogP contribution in [0.15, 0.2) is 35.4 Å². The normalized spacial score (nSPS) is 25.6. The number of rotatable bonds is 4. The third kappa shape index (κ3) is 2.38. The number of para-hydroxylation sites is 1. The predicted octanol–water partition coefficient (Wildman–Crippen LogP) is 3.04. The molecule has 1 aliphatic rings. The standard InChI is InChI=1S/C16H24N4O2/c1-6-14-15(3,4)20(22)16(5,19(14)21)12(2)17-18-13-10-8-7-9-11-13/h7-11,18,22H,6H2,1-5H3/b17-12+/t16-/m0/s1. The molecule has 1 atom stereocenters. The first-order valence-electron chi connectivity index (χ1n) is 7.45. The van der Waals surface area contributed by atoms with Gasteiger partial charge in [-0.2, -0.15) is 9.84 Å². The minimum Gasteiger partial charge on any atom is -0.622 e. The van der Waals surface area contributed by atoms with Gasteiger partial charge in [-0.15, -0.1) is 5.06 Å². The minimum absolute atomic E-state index is 0.491. The van der Waals surface area contributed by atoms with Crippen molar-refractivity contribution in [2.24, 2.45) is 5.10 Å². The zero-order valence-electron chi connectivity index (χ0n) is 13.8. The molecule has 0 amide bonds. The molecule has 0 radical (unpaired) electrons. The second-order valence-electron chi connectivity index (χ2n) is 6.16. The van der Waals surface area contributed by atoms with Gasteiger partial charge in [-0.1, -0.05) is 25.1 Å². The summed E-state index contributed by atoms with van der Waals surface area (Å²) in [5, 5.41) is 28.7. The number of benzene rings is 1. The molecule has 0 aliphatic carbocycles. The summed E-state index contributed by atoms with van der Waals surface area (Å²) in [7, 11) is 0. The predicted molar refractivity (Wildman–Crippen MR) is 88.2 cm³/mol. The maximum Gasteiger partial charge on any atom is 0.288 e. The van der Waals surface area contributed by atoms with Crippen molar-refractivity contribution in [2.75, 3.05) is 5.43 Å². The number of hydroxylamine groups is 3. The van der Waals surface area contributed by atoms with Gasteiger partial charge in [0.25, 0.3) is 5.66 Å². The molecule has 0 saturated heterocycles. The van der Waals surface area contributed by atoms with Crippen LogP contribution in [0.3, 0.4) is 0 Å². The van der Waals surface area contributed by atoms with Crippen LogP contribution in [0, 0.1) is 5.21 Å². The molecular weight excluding hydrogens is 280 g/mol. The van der Waals surface area contributed by atoms with Gasteiger partial charge < -0.3 is 10.4 Å². The lowest BCUT2D eigenvalue weighted by Gasteiger charge is -2.32. The van der Waals surface area contributed by atoms with E-state index in [1.54, 1.807) is 13.8 Å². The highest BCUT2D eigenvalue weighted by atomic mass is 16.6. The molecule has 1 heterocycles. The molecule has 0 bridgehead atoms. The van der Waals surface area contributed by atoms with Gasteiger partial charge >= 0.3 is 0 Å². The molecule has 22 heavy (non-hydrogen) atoms. The van der Waals surface area contributed by atoms with E-state index < -0.39 is 11.2 Å². The smallest absolute Gasteiger partial charge is 0.288 e. The molecule has 0 unspecified atom stereocenters. The quantitative estimate of drug-likeness (QED) is 0.388. The third-order valence-corrected chi connectivity index (χ3v) is 4.44. The Morgan fingerprint density at radius 2 is 1.91 bits per heavy atom. The van der Waals surface area contributed by atoms with Crippen molar-refractivity contribution in [1.82, 2.24) is 5.06 Å². The van der Waals surface area contributed by atoms with Gasteiger partial charge in [0.05, 0.1) is 5.69 Å². The fourth-order valence-electron chi connectivity index (χ4n) is 2.91. The number of hydrogen-bond acceptors (Lipinski definition) is 5. The maximum absolute atomic E-state index is 12.7. The molecule has 0 aromatic heterocycles. The van der Waals surface area contributed by atoms with Crippen LogP contribution in [-0.2, 0) is 0 Å². The van der Waals surface area contributed by atoms with E-state index in [1.165, 1.54) is 0 Å². The van der Waals surface area contributed by atoms with E-state index in [1.807, 2.05) is 51.1 Å². The number of anilines is 1. The molecule has 1 aliphatic heterocycles. The lowest BCUT2D eigenvalue weighted by Crippen LogP contribution is -2.57. The van der Waals surface area contributed by atoms with Gasteiger partial charge in [0, 0.05) is 13.3 Å². The number of nitrogens with one attached hydrogen (secondary N) is 1. The summed E-state index contributed by atoms with van der Waals surface area (Å²) in [6.07, 6.45) is 0.572. The Balaban J connectivity index is 2.35. The zero-order valence-corrected chi connectivity index (χ0v) is 13.8. The average molecular weight is 304 g/mol. The molecule has 0 saturated carbocycles. The van der Waals surface area contributed by atoms with Gasteiger partial charge in [0.1, 0.15) is 11.3 Å². The van der Waals surface area contributed by atoms with E-state index >= 15 is 0 Å². The third-order valence-electron chi connectivity index (χ3n) is 4.44. The number of hydrazone groups is 1. The van der Waals surface area contributed by atoms with Crippen LogP contribution < -0.4 is 5.43 Å². The Morgan fingerprint density at radius 3 is 2.41 bits per heavy atom. The first-order chi connectivity index (χ1) is 10.3. The van der Waals surface area contributed by atoms with Crippen molar-refractivity contribution in [2.45, 2.75) is 52.2 Å². The fraction of sp³-hybridized carbons (Fsp3) is 0.500. The monoisotopic (exact) mass is 304 g/mol. The fourth-order valence-corrected chi connectivity index (χ4v) is 2.91. The van der Waals surface area contributed by atoms with Crippen molar-refractivity contribution in [3.05, 3.63) is 35.5 Å². The highest BCUT2D eigenvalue weighted by molar-refractivity contribution is 5.96. The van der Waals surface area contributed by atoms with E-state index in [-0.39, 0.29) is 0 Å². The van der Waals surface area contributed by atoms with E-state index in [4.69, 9.17) is 0 Å². The van der Waals surface area contributed by atoms with Crippen LogP contribution in [0.4, 0.5) is 5.69 Å². The lowest BCUT2D eigenvalue weighted by molar-refractivity contribution is -0.561. The molecule has 0 fully saturated rings. The Kier molecular flexibility index (Phi) is 4.26. The van der Waals surface area contributed by atoms with Crippen molar-refractivity contribution in [3.8, 4) is 0 Å². The van der Waals surface area contributed by atoms with Crippen molar-refractivity contribution >= 4 is 17.1 Å². The van der Waals surface area contributed by atoms with Crippen LogP contribution in [0.2, 0.25) is 0 Å². The first-order valence-corrected chi connectivity index (χ1v) is 7.45. The van der Waals surface area contributed by atoms with Crippen molar-refractivity contribution in [3.63, 3.8) is 0 Å². The van der Waals surface area contributed by atoms with Gasteiger partial charge in [0.15, 0.2) is 5.71 Å². The second kappa shape index (κ2) is 5.70. The SMILES string of the molecule is CCC1=[N+]([O-])[C@](C)(/C(C)=N/Nc2ccccc2)N(O)C1(C)C. The molecule has 0 spiro atoms. The second-order valence-corrected chi connectivity index (χ2v) is 6.16. The van der Waals surface area contributed by atoms with Crippen LogP contribution >= 0.6 is 0 Å². The summed E-state index contributed by atoms with van der Waals surface area (Å²) in [6.45, 7) is 8.99. The molecule has 2 N–H and O–H groups in total. The molecule has 1 aromatic carbocycles. The molecule has 6 heteroatoms. The van der Waals surface area contributed by atoms with E-state index in [0.29, 0.717) is 17.8 Å². The zero-order chi connectivity index (χ0) is 16.5. The molecule has 120 valence electrons. The van der Waals surface area contributed by atoms with E-state index in [9.17, 15) is 10.4 Å². The molecule has 1 aromatic rings. The molecule has 6 nitrogen and oxygen atoms in total. The Bertz CT molecular complexity index is 610. The van der Waals surface area contributed by atoms with E-state index in [0.717, 1.165) is 15.5 Å². The number of nitrogens with zero attached hydrogens (tertiary/aromatic N) is 3. The Morgan fingerprint density at radius 1 is 1.32 bits per heavy atom. The van der Waals surface area contributed by atoms with Gasteiger partial charge in [-0.3, -0.25) is 5.43 Å². The molecule has 2 rings (SSSR count). The Hall–Kier alpha value is -1.92. The van der Waals surface area contributed by atoms with Gasteiger partial charge in [0.2, 0.25) is 0 Å². The van der Waals surface area contributed by atoms with Crippen LogP contribution in [0.25, 0.3) is 0 Å². The topological polar surface area (TPSA) is 73.9 Å². The Labute approximate surface area is 131 Å². The largest absolute Gasteiger partial charge is 0.622 e. The van der Waals surface area contributed by atoms with E-state index in [2.05, 4.69) is 10.5 Å². The summed E-state index contributed by atoms with van der Waals surface area (Å²) in [4.78, 5) is 0. The summed E-state index contributed by atoms with van der Waals surface area (Å²) >= 11 is 0. The summed E-state index contributed by atoms with van der Waals surface area (Å²) in [5.41, 5.74) is 2.92. The molecular formula is C16H24N4O2. The van der Waals surface area contributed by atoms with Gasteiger partial charge in [-0.25, -0.2) is 0 Å². The first kappa shape index (κ1) is 16.5. The van der Waals surface area contributed by atoms with Crippen LogP contribution in [0.1, 0.15) is 41.0 Å².